The molecule has 0 aliphatic heterocycles. The molecular weight excluding hydrogens is 402 g/mol. The van der Waals surface area contributed by atoms with Crippen LogP contribution in [-0.2, 0) is 6.42 Å². The van der Waals surface area contributed by atoms with Gasteiger partial charge in [-0.2, -0.15) is 5.26 Å². The third kappa shape index (κ3) is 4.35. The van der Waals surface area contributed by atoms with Crippen LogP contribution < -0.4 is 10.1 Å². The van der Waals surface area contributed by atoms with E-state index < -0.39 is 0 Å². The number of benzene rings is 2. The number of nitriles is 1. The summed E-state index contributed by atoms with van der Waals surface area (Å²) in [4.78, 5) is 5.83. The molecular formula is C26H27N3OS. The summed E-state index contributed by atoms with van der Waals surface area (Å²) in [5, 5.41) is 14.0. The van der Waals surface area contributed by atoms with Crippen molar-refractivity contribution in [1.82, 2.24) is 10.3 Å². The zero-order valence-corrected chi connectivity index (χ0v) is 19.1. The number of ether oxygens (including phenoxy) is 1. The Morgan fingerprint density at radius 1 is 1.35 bits per heavy atom. The van der Waals surface area contributed by atoms with Gasteiger partial charge >= 0.3 is 0 Å². The topological polar surface area (TPSA) is 57.9 Å². The second-order valence-corrected chi connectivity index (χ2v) is 9.12. The third-order valence-corrected chi connectivity index (χ3v) is 6.64. The molecule has 1 unspecified atom stereocenters. The molecule has 1 heterocycles. The van der Waals surface area contributed by atoms with E-state index in [1.54, 1.807) is 11.3 Å². The highest BCUT2D eigenvalue weighted by atomic mass is 32.1. The summed E-state index contributed by atoms with van der Waals surface area (Å²) in [5.41, 5.74) is 6.58. The standard InChI is InChI=1S/C26H27N3OS/c1-5-17(4)29-23-11-10-20-21(23)7-6-8-22(20)25-15-28-26(31-25)18-9-12-24(30-16(2)3)19(13-18)14-27/h6-9,12-13,15-16,23,29H,4-5,10-11H2,1-3H3. The fourth-order valence-corrected chi connectivity index (χ4v) is 4.99. The van der Waals surface area contributed by atoms with E-state index in [1.807, 2.05) is 38.2 Å². The molecule has 0 spiro atoms. The van der Waals surface area contributed by atoms with Gasteiger partial charge in [0, 0.05) is 17.5 Å². The highest BCUT2D eigenvalue weighted by Gasteiger charge is 2.25. The van der Waals surface area contributed by atoms with Gasteiger partial charge in [0.1, 0.15) is 16.8 Å². The molecule has 1 N–H and O–H groups in total. The summed E-state index contributed by atoms with van der Waals surface area (Å²) in [6.07, 6.45) is 5.05. The van der Waals surface area contributed by atoms with Gasteiger partial charge in [0.05, 0.1) is 22.6 Å². The second-order valence-electron chi connectivity index (χ2n) is 8.09. The van der Waals surface area contributed by atoms with Crippen LogP contribution in [-0.4, -0.2) is 11.1 Å². The number of nitrogens with zero attached hydrogens (tertiary/aromatic N) is 2. The van der Waals surface area contributed by atoms with Gasteiger partial charge in [0.25, 0.3) is 0 Å². The van der Waals surface area contributed by atoms with Crippen molar-refractivity contribution in [3.05, 3.63) is 71.6 Å². The van der Waals surface area contributed by atoms with Gasteiger partial charge in [-0.1, -0.05) is 31.7 Å². The molecule has 2 aromatic carbocycles. The zero-order chi connectivity index (χ0) is 22.0. The molecule has 0 saturated carbocycles. The maximum Gasteiger partial charge on any atom is 0.137 e. The molecule has 3 aromatic rings. The van der Waals surface area contributed by atoms with E-state index in [9.17, 15) is 5.26 Å². The van der Waals surface area contributed by atoms with Crippen molar-refractivity contribution in [2.75, 3.05) is 0 Å². The SMILES string of the molecule is C=C(CC)NC1CCc2c(-c3cnc(-c4ccc(OC(C)C)c(C#N)c4)s3)cccc21. The lowest BCUT2D eigenvalue weighted by molar-refractivity contribution is 0.242. The summed E-state index contributed by atoms with van der Waals surface area (Å²) in [5.74, 6) is 0.617. The van der Waals surface area contributed by atoms with Gasteiger partial charge in [-0.3, -0.25) is 0 Å². The summed E-state index contributed by atoms with van der Waals surface area (Å²) in [6.45, 7) is 10.2. The first kappa shape index (κ1) is 21.1. The maximum absolute atomic E-state index is 9.54. The van der Waals surface area contributed by atoms with Crippen LogP contribution in [0.15, 0.2) is 54.9 Å². The number of thiazole rings is 1. The molecule has 158 valence electrons. The zero-order valence-electron chi connectivity index (χ0n) is 18.2. The molecule has 1 aliphatic rings. The molecule has 0 amide bonds. The van der Waals surface area contributed by atoms with Crippen LogP contribution in [0.4, 0.5) is 0 Å². The fourth-order valence-electron chi connectivity index (χ4n) is 4.02. The minimum atomic E-state index is 0.0254. The monoisotopic (exact) mass is 429 g/mol. The number of nitrogens with one attached hydrogen (secondary N) is 1. The Morgan fingerprint density at radius 3 is 2.94 bits per heavy atom. The van der Waals surface area contributed by atoms with Crippen LogP contribution in [0.3, 0.4) is 0 Å². The first-order chi connectivity index (χ1) is 15.0. The number of hydrogen-bond donors (Lipinski definition) is 1. The summed E-state index contributed by atoms with van der Waals surface area (Å²) < 4.78 is 5.75. The van der Waals surface area contributed by atoms with Crippen LogP contribution in [0.25, 0.3) is 21.0 Å². The Balaban J connectivity index is 1.64. The van der Waals surface area contributed by atoms with Crippen molar-refractivity contribution in [2.45, 2.75) is 52.2 Å². The molecule has 5 heteroatoms. The molecule has 1 aliphatic carbocycles. The Hall–Kier alpha value is -3.10. The fraction of sp³-hybridized carbons (Fsp3) is 0.308. The molecule has 0 bridgehead atoms. The van der Waals surface area contributed by atoms with E-state index in [1.165, 1.54) is 16.7 Å². The molecule has 0 saturated heterocycles. The predicted octanol–water partition coefficient (Wildman–Crippen LogP) is 6.64. The average Bonchev–Trinajstić information content (AvgIpc) is 3.41. The van der Waals surface area contributed by atoms with Crippen LogP contribution >= 0.6 is 11.3 Å². The highest BCUT2D eigenvalue weighted by molar-refractivity contribution is 7.18. The predicted molar refractivity (Wildman–Crippen MR) is 127 cm³/mol. The van der Waals surface area contributed by atoms with E-state index in [4.69, 9.17) is 4.74 Å². The second kappa shape index (κ2) is 8.95. The number of fused-ring (bicyclic) bond motifs is 1. The van der Waals surface area contributed by atoms with E-state index >= 15 is 0 Å². The lowest BCUT2D eigenvalue weighted by Crippen LogP contribution is -2.17. The van der Waals surface area contributed by atoms with Gasteiger partial charge < -0.3 is 10.1 Å². The van der Waals surface area contributed by atoms with Gasteiger partial charge in [0.15, 0.2) is 0 Å². The number of aromatic nitrogens is 1. The minimum Gasteiger partial charge on any atom is -0.490 e. The van der Waals surface area contributed by atoms with Crippen LogP contribution in [0.2, 0.25) is 0 Å². The quantitative estimate of drug-likeness (QED) is 0.457. The lowest BCUT2D eigenvalue weighted by Gasteiger charge is -2.17. The van der Waals surface area contributed by atoms with Crippen molar-refractivity contribution in [3.8, 4) is 32.8 Å². The van der Waals surface area contributed by atoms with Gasteiger partial charge in [-0.25, -0.2) is 4.98 Å². The lowest BCUT2D eigenvalue weighted by atomic mass is 10.0. The van der Waals surface area contributed by atoms with Crippen molar-refractivity contribution in [1.29, 1.82) is 5.26 Å². The average molecular weight is 430 g/mol. The third-order valence-electron chi connectivity index (χ3n) is 5.56. The molecule has 0 fully saturated rings. The Bertz CT molecular complexity index is 1160. The molecule has 0 radical (unpaired) electrons. The van der Waals surface area contributed by atoms with Crippen LogP contribution in [0.1, 0.15) is 56.3 Å². The summed E-state index contributed by atoms with van der Waals surface area (Å²) >= 11 is 1.66. The Labute approximate surface area is 188 Å². The van der Waals surface area contributed by atoms with Crippen molar-refractivity contribution >= 4 is 11.3 Å². The molecule has 1 atom stereocenters. The van der Waals surface area contributed by atoms with E-state index in [0.29, 0.717) is 17.4 Å². The van der Waals surface area contributed by atoms with Gasteiger partial charge in [0.2, 0.25) is 0 Å². The van der Waals surface area contributed by atoms with Crippen molar-refractivity contribution < 1.29 is 4.74 Å². The smallest absolute Gasteiger partial charge is 0.137 e. The number of allylic oxidation sites excluding steroid dienone is 1. The molecule has 4 nitrogen and oxygen atoms in total. The van der Waals surface area contributed by atoms with Crippen LogP contribution in [0.5, 0.6) is 5.75 Å². The highest BCUT2D eigenvalue weighted by Crippen LogP contribution is 2.41. The Morgan fingerprint density at radius 2 is 2.19 bits per heavy atom. The van der Waals surface area contributed by atoms with Gasteiger partial charge in [-0.15, -0.1) is 11.3 Å². The normalized spacial score (nSPS) is 14.9. The molecule has 4 rings (SSSR count). The van der Waals surface area contributed by atoms with E-state index in [2.05, 4.69) is 48.1 Å². The first-order valence-electron chi connectivity index (χ1n) is 10.7. The Kier molecular flexibility index (Phi) is 6.11. The summed E-state index contributed by atoms with van der Waals surface area (Å²) in [6, 6.07) is 14.8. The van der Waals surface area contributed by atoms with E-state index in [-0.39, 0.29) is 6.10 Å². The first-order valence-corrected chi connectivity index (χ1v) is 11.5. The van der Waals surface area contributed by atoms with Crippen LogP contribution in [0, 0.1) is 11.3 Å². The maximum atomic E-state index is 9.54. The molecule has 1 aromatic heterocycles. The summed E-state index contributed by atoms with van der Waals surface area (Å²) in [7, 11) is 0. The van der Waals surface area contributed by atoms with Crippen molar-refractivity contribution in [2.24, 2.45) is 0 Å². The van der Waals surface area contributed by atoms with E-state index in [0.717, 1.165) is 40.4 Å². The molecule has 31 heavy (non-hydrogen) atoms. The minimum absolute atomic E-state index is 0.0254. The number of hydrogen-bond acceptors (Lipinski definition) is 5. The van der Waals surface area contributed by atoms with Gasteiger partial charge in [-0.05, 0) is 68.0 Å². The van der Waals surface area contributed by atoms with Crippen molar-refractivity contribution in [3.63, 3.8) is 0 Å². The number of rotatable bonds is 7. The largest absolute Gasteiger partial charge is 0.490 e.